The first-order chi connectivity index (χ1) is 12.8. The number of para-hydroxylation sites is 1. The third kappa shape index (κ3) is 4.80. The van der Waals surface area contributed by atoms with Gasteiger partial charge in [-0.25, -0.2) is 5.10 Å². The van der Waals surface area contributed by atoms with E-state index in [4.69, 9.17) is 21.7 Å². The van der Waals surface area contributed by atoms with E-state index in [9.17, 15) is 0 Å². The molecule has 0 fully saturated rings. The highest BCUT2D eigenvalue weighted by Gasteiger charge is 2.06. The van der Waals surface area contributed by atoms with Gasteiger partial charge in [0.2, 0.25) is 4.77 Å². The van der Waals surface area contributed by atoms with Crippen molar-refractivity contribution >= 4 is 18.4 Å². The van der Waals surface area contributed by atoms with E-state index in [1.165, 1.54) is 0 Å². The molecule has 3 rings (SSSR count). The Morgan fingerprint density at radius 3 is 2.54 bits per heavy atom. The van der Waals surface area contributed by atoms with E-state index in [0.717, 1.165) is 23.5 Å². The SMILES string of the molecule is CCCOc1ccc(/C=N\n2c(COc3ccccc3)n[nH]c2=S)cc1. The first-order valence-corrected chi connectivity index (χ1v) is 8.78. The van der Waals surface area contributed by atoms with Gasteiger partial charge in [-0.05, 0) is 60.6 Å². The molecule has 0 bridgehead atoms. The predicted octanol–water partition coefficient (Wildman–Crippen LogP) is 4.19. The van der Waals surface area contributed by atoms with Crippen molar-refractivity contribution < 1.29 is 9.47 Å². The Bertz CT molecular complexity index is 901. The van der Waals surface area contributed by atoms with Crippen molar-refractivity contribution in [2.24, 2.45) is 5.10 Å². The van der Waals surface area contributed by atoms with Crippen LogP contribution in [0.2, 0.25) is 0 Å². The number of benzene rings is 2. The van der Waals surface area contributed by atoms with E-state index in [1.54, 1.807) is 10.9 Å². The summed E-state index contributed by atoms with van der Waals surface area (Å²) in [6.45, 7) is 3.05. The van der Waals surface area contributed by atoms with E-state index in [2.05, 4.69) is 22.2 Å². The Balaban J connectivity index is 1.68. The van der Waals surface area contributed by atoms with Crippen molar-refractivity contribution in [3.05, 3.63) is 70.8 Å². The van der Waals surface area contributed by atoms with Gasteiger partial charge < -0.3 is 9.47 Å². The van der Waals surface area contributed by atoms with Crippen molar-refractivity contribution in [1.29, 1.82) is 0 Å². The third-order valence-corrected chi connectivity index (χ3v) is 3.77. The summed E-state index contributed by atoms with van der Waals surface area (Å²) >= 11 is 5.24. The van der Waals surface area contributed by atoms with Gasteiger partial charge in [0.25, 0.3) is 0 Å². The lowest BCUT2D eigenvalue weighted by Gasteiger charge is -2.05. The molecule has 0 amide bonds. The number of hydrogen-bond donors (Lipinski definition) is 1. The minimum atomic E-state index is 0.262. The molecular formula is C19H20N4O2S. The molecule has 0 unspecified atom stereocenters. The van der Waals surface area contributed by atoms with Gasteiger partial charge in [-0.1, -0.05) is 25.1 Å². The van der Waals surface area contributed by atoms with Gasteiger partial charge in [0, 0.05) is 0 Å². The fourth-order valence-corrected chi connectivity index (χ4v) is 2.39. The summed E-state index contributed by atoms with van der Waals surface area (Å²) < 4.78 is 13.3. The Hall–Kier alpha value is -2.93. The maximum Gasteiger partial charge on any atom is 0.216 e. The van der Waals surface area contributed by atoms with E-state index in [-0.39, 0.29) is 6.61 Å². The van der Waals surface area contributed by atoms with Crippen molar-refractivity contribution in [3.63, 3.8) is 0 Å². The summed E-state index contributed by atoms with van der Waals surface area (Å²) in [4.78, 5) is 0. The molecule has 0 spiro atoms. The normalized spacial score (nSPS) is 11.0. The number of nitrogens with zero attached hydrogens (tertiary/aromatic N) is 3. The van der Waals surface area contributed by atoms with Crippen LogP contribution in [0.25, 0.3) is 0 Å². The topological polar surface area (TPSA) is 64.4 Å². The van der Waals surface area contributed by atoms with Gasteiger partial charge in [0.1, 0.15) is 18.1 Å². The Morgan fingerprint density at radius 2 is 1.81 bits per heavy atom. The average Bonchev–Trinajstić information content (AvgIpc) is 3.04. The van der Waals surface area contributed by atoms with Gasteiger partial charge in [-0.3, -0.25) is 0 Å². The molecule has 0 saturated heterocycles. The average molecular weight is 368 g/mol. The number of H-pyrrole nitrogens is 1. The third-order valence-electron chi connectivity index (χ3n) is 3.50. The summed E-state index contributed by atoms with van der Waals surface area (Å²) in [5, 5.41) is 11.3. The van der Waals surface area contributed by atoms with E-state index < -0.39 is 0 Å². The summed E-state index contributed by atoms with van der Waals surface area (Å²) in [7, 11) is 0. The molecule has 0 aliphatic carbocycles. The monoisotopic (exact) mass is 368 g/mol. The molecular weight excluding hydrogens is 348 g/mol. The molecule has 0 atom stereocenters. The quantitative estimate of drug-likeness (QED) is 0.478. The molecule has 1 N–H and O–H groups in total. The largest absolute Gasteiger partial charge is 0.494 e. The number of ether oxygens (including phenoxy) is 2. The van der Waals surface area contributed by atoms with E-state index in [1.807, 2.05) is 54.6 Å². The molecule has 7 heteroatoms. The Kier molecular flexibility index (Phi) is 6.16. The van der Waals surface area contributed by atoms with Crippen molar-refractivity contribution in [3.8, 4) is 11.5 Å². The second kappa shape index (κ2) is 8.96. The van der Waals surface area contributed by atoms with Crippen LogP contribution in [0.4, 0.5) is 0 Å². The minimum Gasteiger partial charge on any atom is -0.494 e. The van der Waals surface area contributed by atoms with Crippen molar-refractivity contribution in [2.75, 3.05) is 6.61 Å². The van der Waals surface area contributed by atoms with Crippen LogP contribution in [-0.2, 0) is 6.61 Å². The van der Waals surface area contributed by atoms with Gasteiger partial charge in [-0.2, -0.15) is 14.9 Å². The molecule has 6 nitrogen and oxygen atoms in total. The van der Waals surface area contributed by atoms with Crippen molar-refractivity contribution in [2.45, 2.75) is 20.0 Å². The lowest BCUT2D eigenvalue weighted by atomic mass is 10.2. The fourth-order valence-electron chi connectivity index (χ4n) is 2.20. The molecule has 26 heavy (non-hydrogen) atoms. The summed E-state index contributed by atoms with van der Waals surface area (Å²) in [6, 6.07) is 17.3. The highest BCUT2D eigenvalue weighted by molar-refractivity contribution is 7.71. The van der Waals surface area contributed by atoms with Crippen molar-refractivity contribution in [1.82, 2.24) is 14.9 Å². The van der Waals surface area contributed by atoms with Crippen LogP contribution < -0.4 is 9.47 Å². The minimum absolute atomic E-state index is 0.262. The summed E-state index contributed by atoms with van der Waals surface area (Å²) in [5.74, 6) is 2.21. The first-order valence-electron chi connectivity index (χ1n) is 8.37. The lowest BCUT2D eigenvalue weighted by Crippen LogP contribution is -2.04. The molecule has 134 valence electrons. The number of aromatic amines is 1. The summed E-state index contributed by atoms with van der Waals surface area (Å²) in [6.07, 6.45) is 2.71. The zero-order valence-corrected chi connectivity index (χ0v) is 15.3. The Labute approximate surface area is 157 Å². The van der Waals surface area contributed by atoms with Crippen LogP contribution in [0, 0.1) is 4.77 Å². The molecule has 0 saturated carbocycles. The van der Waals surface area contributed by atoms with E-state index in [0.29, 0.717) is 17.2 Å². The number of hydrogen-bond acceptors (Lipinski definition) is 5. The van der Waals surface area contributed by atoms with Crippen LogP contribution in [0.15, 0.2) is 59.7 Å². The number of rotatable bonds is 8. The van der Waals surface area contributed by atoms with Crippen LogP contribution in [-0.4, -0.2) is 27.7 Å². The smallest absolute Gasteiger partial charge is 0.216 e. The summed E-state index contributed by atoms with van der Waals surface area (Å²) in [5.41, 5.74) is 0.937. The van der Waals surface area contributed by atoms with Crippen LogP contribution in [0.3, 0.4) is 0 Å². The maximum absolute atomic E-state index is 5.71. The van der Waals surface area contributed by atoms with Gasteiger partial charge in [0.15, 0.2) is 5.82 Å². The molecule has 0 aliphatic rings. The van der Waals surface area contributed by atoms with Gasteiger partial charge in [-0.15, -0.1) is 0 Å². The van der Waals surface area contributed by atoms with Gasteiger partial charge in [0.05, 0.1) is 12.8 Å². The molecule has 0 radical (unpaired) electrons. The fraction of sp³-hybridized carbons (Fsp3) is 0.211. The van der Waals surface area contributed by atoms with E-state index >= 15 is 0 Å². The number of nitrogens with one attached hydrogen (secondary N) is 1. The second-order valence-corrected chi connectivity index (χ2v) is 5.91. The first kappa shape index (κ1) is 17.9. The number of aromatic nitrogens is 3. The molecule has 2 aromatic carbocycles. The highest BCUT2D eigenvalue weighted by Crippen LogP contribution is 2.13. The lowest BCUT2D eigenvalue weighted by molar-refractivity contribution is 0.290. The molecule has 0 aliphatic heterocycles. The maximum atomic E-state index is 5.71. The zero-order chi connectivity index (χ0) is 18.2. The van der Waals surface area contributed by atoms with Crippen LogP contribution in [0.5, 0.6) is 11.5 Å². The second-order valence-electron chi connectivity index (χ2n) is 5.52. The van der Waals surface area contributed by atoms with Crippen LogP contribution >= 0.6 is 12.2 Å². The van der Waals surface area contributed by atoms with Crippen LogP contribution in [0.1, 0.15) is 24.7 Å². The molecule has 3 aromatic rings. The highest BCUT2D eigenvalue weighted by atomic mass is 32.1. The van der Waals surface area contributed by atoms with Gasteiger partial charge >= 0.3 is 0 Å². The Morgan fingerprint density at radius 1 is 1.08 bits per heavy atom. The molecule has 1 aromatic heterocycles. The molecule has 1 heterocycles. The predicted molar refractivity (Wildman–Crippen MR) is 103 cm³/mol. The zero-order valence-electron chi connectivity index (χ0n) is 14.5. The standard InChI is InChI=1S/C19H20N4O2S/c1-2-12-24-17-10-8-15(9-11-17)13-20-23-18(21-22-19(23)26)14-25-16-6-4-3-5-7-16/h3-11,13H,2,12,14H2,1H3,(H,22,26)/b20-13-.